The van der Waals surface area contributed by atoms with Crippen molar-refractivity contribution in [2.24, 2.45) is 5.73 Å². The lowest BCUT2D eigenvalue weighted by molar-refractivity contribution is -0.384. The van der Waals surface area contributed by atoms with E-state index >= 15 is 0 Å². The molecule has 0 fully saturated rings. The summed E-state index contributed by atoms with van der Waals surface area (Å²) in [6.07, 6.45) is 0. The summed E-state index contributed by atoms with van der Waals surface area (Å²) in [4.78, 5) is 32.7. The molecule has 0 heterocycles. The SMILES string of the molecule is NC(=O)c1ccc(OCC(=O)Nc2ccc([N+](=O)[O-])cc2)cc1. The predicted molar refractivity (Wildman–Crippen MR) is 82.2 cm³/mol. The van der Waals surface area contributed by atoms with Gasteiger partial charge in [0.05, 0.1) is 4.92 Å². The number of ether oxygens (including phenoxy) is 1. The highest BCUT2D eigenvalue weighted by molar-refractivity contribution is 5.93. The minimum atomic E-state index is -0.549. The molecule has 0 aromatic heterocycles. The smallest absolute Gasteiger partial charge is 0.269 e. The van der Waals surface area contributed by atoms with E-state index in [1.807, 2.05) is 0 Å². The number of carbonyl (C=O) groups is 2. The zero-order chi connectivity index (χ0) is 16.8. The zero-order valence-corrected chi connectivity index (χ0v) is 11.9. The molecule has 0 saturated heterocycles. The van der Waals surface area contributed by atoms with Gasteiger partial charge < -0.3 is 15.8 Å². The van der Waals surface area contributed by atoms with E-state index in [-0.39, 0.29) is 12.3 Å². The highest BCUT2D eigenvalue weighted by Gasteiger charge is 2.07. The molecule has 0 saturated carbocycles. The summed E-state index contributed by atoms with van der Waals surface area (Å²) in [5, 5.41) is 13.1. The van der Waals surface area contributed by atoms with E-state index in [2.05, 4.69) is 5.32 Å². The first-order chi connectivity index (χ1) is 11.0. The van der Waals surface area contributed by atoms with E-state index in [1.54, 1.807) is 0 Å². The Labute approximate surface area is 131 Å². The van der Waals surface area contributed by atoms with Crippen LogP contribution in [0.15, 0.2) is 48.5 Å². The molecule has 3 N–H and O–H groups in total. The molecule has 2 amide bonds. The van der Waals surface area contributed by atoms with E-state index in [4.69, 9.17) is 10.5 Å². The molecule has 2 rings (SSSR count). The minimum absolute atomic E-state index is 0.0613. The first-order valence-corrected chi connectivity index (χ1v) is 6.52. The Bertz CT molecular complexity index is 726. The second-order valence-corrected chi connectivity index (χ2v) is 4.53. The van der Waals surface area contributed by atoms with Crippen LogP contribution in [-0.2, 0) is 4.79 Å². The number of rotatable bonds is 6. The van der Waals surface area contributed by atoms with Crippen LogP contribution in [0.2, 0.25) is 0 Å². The summed E-state index contributed by atoms with van der Waals surface area (Å²) < 4.78 is 5.26. The van der Waals surface area contributed by atoms with E-state index in [0.717, 1.165) is 0 Å². The summed E-state index contributed by atoms with van der Waals surface area (Å²) in [6.45, 7) is -0.243. The third-order valence-corrected chi connectivity index (χ3v) is 2.87. The normalized spacial score (nSPS) is 9.91. The lowest BCUT2D eigenvalue weighted by Crippen LogP contribution is -2.20. The molecular weight excluding hydrogens is 302 g/mol. The number of nitrogens with one attached hydrogen (secondary N) is 1. The molecule has 2 aromatic carbocycles. The van der Waals surface area contributed by atoms with Crippen molar-refractivity contribution in [2.75, 3.05) is 11.9 Å². The quantitative estimate of drug-likeness (QED) is 0.620. The van der Waals surface area contributed by atoms with Crippen LogP contribution in [-0.4, -0.2) is 23.3 Å². The molecule has 0 spiro atoms. The van der Waals surface area contributed by atoms with E-state index in [0.29, 0.717) is 17.0 Å². The first-order valence-electron chi connectivity index (χ1n) is 6.52. The van der Waals surface area contributed by atoms with Gasteiger partial charge >= 0.3 is 0 Å². The number of nitrogens with two attached hydrogens (primary N) is 1. The van der Waals surface area contributed by atoms with Gasteiger partial charge in [-0.1, -0.05) is 0 Å². The standard InChI is InChI=1S/C15H13N3O5/c16-15(20)10-1-7-13(8-2-10)23-9-14(19)17-11-3-5-12(6-4-11)18(21)22/h1-8H,9H2,(H2,16,20)(H,17,19). The van der Waals surface area contributed by atoms with Crippen molar-refractivity contribution in [1.29, 1.82) is 0 Å². The Kier molecular flexibility index (Phi) is 4.88. The van der Waals surface area contributed by atoms with Crippen LogP contribution in [0.3, 0.4) is 0 Å². The second kappa shape index (κ2) is 7.03. The number of nitro benzene ring substituents is 1. The van der Waals surface area contributed by atoms with Crippen LogP contribution in [0.5, 0.6) is 5.75 Å². The molecular formula is C15H13N3O5. The zero-order valence-electron chi connectivity index (χ0n) is 11.9. The van der Waals surface area contributed by atoms with Crippen molar-refractivity contribution in [3.05, 3.63) is 64.2 Å². The Morgan fingerprint density at radius 1 is 1.09 bits per heavy atom. The maximum atomic E-state index is 11.7. The topological polar surface area (TPSA) is 125 Å². The largest absolute Gasteiger partial charge is 0.484 e. The highest BCUT2D eigenvalue weighted by atomic mass is 16.6. The van der Waals surface area contributed by atoms with E-state index in [9.17, 15) is 19.7 Å². The van der Waals surface area contributed by atoms with Gasteiger partial charge in [-0.2, -0.15) is 0 Å². The maximum Gasteiger partial charge on any atom is 0.269 e. The lowest BCUT2D eigenvalue weighted by atomic mass is 10.2. The lowest BCUT2D eigenvalue weighted by Gasteiger charge is -2.07. The van der Waals surface area contributed by atoms with Crippen LogP contribution in [0.4, 0.5) is 11.4 Å². The van der Waals surface area contributed by atoms with Gasteiger partial charge in [-0.15, -0.1) is 0 Å². The minimum Gasteiger partial charge on any atom is -0.484 e. The number of non-ortho nitro benzene ring substituents is 1. The number of anilines is 1. The molecule has 0 atom stereocenters. The highest BCUT2D eigenvalue weighted by Crippen LogP contribution is 2.16. The van der Waals surface area contributed by atoms with Crippen molar-refractivity contribution in [3.8, 4) is 5.75 Å². The van der Waals surface area contributed by atoms with Gasteiger partial charge in [0.2, 0.25) is 5.91 Å². The molecule has 2 aromatic rings. The average Bonchev–Trinajstić information content (AvgIpc) is 2.54. The molecule has 8 heteroatoms. The van der Waals surface area contributed by atoms with Crippen LogP contribution in [0.1, 0.15) is 10.4 Å². The molecule has 8 nitrogen and oxygen atoms in total. The van der Waals surface area contributed by atoms with Gasteiger partial charge in [0.1, 0.15) is 5.75 Å². The molecule has 0 aliphatic carbocycles. The predicted octanol–water partition coefficient (Wildman–Crippen LogP) is 1.71. The number of hydrogen-bond donors (Lipinski definition) is 2. The Morgan fingerprint density at radius 2 is 1.70 bits per heavy atom. The summed E-state index contributed by atoms with van der Waals surface area (Å²) in [7, 11) is 0. The Morgan fingerprint density at radius 3 is 2.22 bits per heavy atom. The molecule has 0 unspecified atom stereocenters. The van der Waals surface area contributed by atoms with Crippen LogP contribution in [0, 0.1) is 10.1 Å². The van der Waals surface area contributed by atoms with E-state index in [1.165, 1.54) is 48.5 Å². The maximum absolute atomic E-state index is 11.7. The van der Waals surface area contributed by atoms with E-state index < -0.39 is 16.7 Å². The van der Waals surface area contributed by atoms with Gasteiger partial charge in [-0.25, -0.2) is 0 Å². The molecule has 0 aliphatic heterocycles. The van der Waals surface area contributed by atoms with Gasteiger partial charge in [0.15, 0.2) is 6.61 Å². The Balaban J connectivity index is 1.87. The number of hydrogen-bond acceptors (Lipinski definition) is 5. The molecule has 118 valence electrons. The fraction of sp³-hybridized carbons (Fsp3) is 0.0667. The second-order valence-electron chi connectivity index (χ2n) is 4.53. The fourth-order valence-electron chi connectivity index (χ4n) is 1.73. The number of benzene rings is 2. The third kappa shape index (κ3) is 4.53. The number of carbonyl (C=O) groups excluding carboxylic acids is 2. The van der Waals surface area contributed by atoms with Gasteiger partial charge in [-0.05, 0) is 36.4 Å². The molecule has 0 aliphatic rings. The summed E-state index contributed by atoms with van der Waals surface area (Å²) >= 11 is 0. The van der Waals surface area contributed by atoms with Crippen molar-refractivity contribution in [2.45, 2.75) is 0 Å². The number of amides is 2. The monoisotopic (exact) mass is 315 g/mol. The van der Waals surface area contributed by atoms with Crippen molar-refractivity contribution >= 4 is 23.2 Å². The van der Waals surface area contributed by atoms with Crippen molar-refractivity contribution in [3.63, 3.8) is 0 Å². The van der Waals surface area contributed by atoms with Gasteiger partial charge in [0, 0.05) is 23.4 Å². The molecule has 23 heavy (non-hydrogen) atoms. The average molecular weight is 315 g/mol. The number of nitrogens with zero attached hydrogens (tertiary/aromatic N) is 1. The van der Waals surface area contributed by atoms with Gasteiger partial charge in [-0.3, -0.25) is 19.7 Å². The summed E-state index contributed by atoms with van der Waals surface area (Å²) in [5.41, 5.74) is 5.82. The summed E-state index contributed by atoms with van der Waals surface area (Å²) in [6, 6.07) is 11.5. The van der Waals surface area contributed by atoms with Crippen molar-refractivity contribution in [1.82, 2.24) is 0 Å². The summed E-state index contributed by atoms with van der Waals surface area (Å²) in [5.74, 6) is -0.556. The Hall–Kier alpha value is -3.42. The molecule has 0 bridgehead atoms. The van der Waals surface area contributed by atoms with Crippen LogP contribution >= 0.6 is 0 Å². The third-order valence-electron chi connectivity index (χ3n) is 2.87. The van der Waals surface area contributed by atoms with Crippen molar-refractivity contribution < 1.29 is 19.2 Å². The van der Waals surface area contributed by atoms with Crippen LogP contribution in [0.25, 0.3) is 0 Å². The number of primary amides is 1. The van der Waals surface area contributed by atoms with Gasteiger partial charge in [0.25, 0.3) is 11.6 Å². The van der Waals surface area contributed by atoms with Crippen LogP contribution < -0.4 is 15.8 Å². The fourth-order valence-corrected chi connectivity index (χ4v) is 1.73. The number of nitro groups is 1. The molecule has 0 radical (unpaired) electrons. The first kappa shape index (κ1) is 16.0.